The molecule has 0 radical (unpaired) electrons. The van der Waals surface area contributed by atoms with Crippen molar-refractivity contribution in [1.82, 2.24) is 0 Å². The summed E-state index contributed by atoms with van der Waals surface area (Å²) in [5, 5.41) is 0. The maximum atomic E-state index is 5.85. The zero-order valence-electron chi connectivity index (χ0n) is 13.7. The van der Waals surface area contributed by atoms with E-state index in [0.717, 1.165) is 6.04 Å². The highest BCUT2D eigenvalue weighted by atomic mass is 127. The molecule has 0 aliphatic carbocycles. The van der Waals surface area contributed by atoms with Gasteiger partial charge in [0.05, 0.1) is 0 Å². The Morgan fingerprint density at radius 2 is 0.762 bits per heavy atom. The van der Waals surface area contributed by atoms with Gasteiger partial charge in [-0.3, -0.25) is 0 Å². The molecule has 0 saturated carbocycles. The van der Waals surface area contributed by atoms with Gasteiger partial charge in [-0.2, -0.15) is 22.2 Å². The maximum Gasteiger partial charge on any atom is 0.237 e. The Labute approximate surface area is 158 Å². The minimum absolute atomic E-state index is 1.10. The summed E-state index contributed by atoms with van der Waals surface area (Å²) < 4.78 is 1.33. The molecule has 0 aliphatic heterocycles. The first-order valence-corrected chi connectivity index (χ1v) is 14.9. The van der Waals surface area contributed by atoms with Crippen LogP contribution in [0.15, 0.2) is 0 Å². The van der Waals surface area contributed by atoms with Crippen molar-refractivity contribution in [3.05, 3.63) is 0 Å². The highest BCUT2D eigenvalue weighted by Crippen LogP contribution is 2.15. The van der Waals surface area contributed by atoms with Gasteiger partial charge in [-0.05, 0) is 16.9 Å². The van der Waals surface area contributed by atoms with Gasteiger partial charge in [0, 0.05) is 0 Å². The van der Waals surface area contributed by atoms with Gasteiger partial charge in [0.1, 0.15) is 0 Å². The predicted octanol–water partition coefficient (Wildman–Crippen LogP) is 7.97. The molecule has 0 saturated heterocycles. The minimum Gasteiger partial charge on any atom is -0.150 e. The van der Waals surface area contributed by atoms with Gasteiger partial charge < -0.3 is 0 Å². The van der Waals surface area contributed by atoms with Gasteiger partial charge in [-0.25, -0.2) is 0 Å². The lowest BCUT2D eigenvalue weighted by Crippen LogP contribution is -1.91. The van der Waals surface area contributed by atoms with E-state index in [1.165, 1.54) is 101 Å². The van der Waals surface area contributed by atoms with E-state index < -0.39 is 7.42 Å². The Morgan fingerprint density at radius 1 is 0.476 bits per heavy atom. The monoisotopic (exact) mass is 464 g/mol. The summed E-state index contributed by atoms with van der Waals surface area (Å²) in [6.45, 7) is 0. The first-order valence-electron chi connectivity index (χ1n) is 9.11. The third-order valence-electron chi connectivity index (χ3n) is 4.06. The van der Waals surface area contributed by atoms with E-state index in [2.05, 4.69) is 22.6 Å². The van der Waals surface area contributed by atoms with Crippen LogP contribution in [0.3, 0.4) is 0 Å². The fraction of sp³-hybridized carbons (Fsp3) is 1.00. The summed E-state index contributed by atoms with van der Waals surface area (Å²) in [6, 6.07) is 1.10. The Kier molecular flexibility index (Phi) is 21.0. The third kappa shape index (κ3) is 21.5. The van der Waals surface area contributed by atoms with Crippen LogP contribution in [0.5, 0.6) is 0 Å². The lowest BCUT2D eigenvalue weighted by Gasteiger charge is -2.03. The summed E-state index contributed by atoms with van der Waals surface area (Å²) in [7, 11) is -1.32. The second kappa shape index (κ2) is 19.6. The van der Waals surface area contributed by atoms with Crippen LogP contribution in [-0.2, 0) is 0 Å². The minimum atomic E-state index is -1.32. The maximum absolute atomic E-state index is 5.85. The zero-order chi connectivity index (χ0) is 15.6. The molecule has 0 bridgehead atoms. The smallest absolute Gasteiger partial charge is 0.150 e. The quantitative estimate of drug-likeness (QED) is 0.0672. The zero-order valence-corrected chi connectivity index (χ0v) is 18.6. The van der Waals surface area contributed by atoms with E-state index in [-0.39, 0.29) is 0 Å². The molecule has 0 unspecified atom stereocenters. The molecule has 0 aromatic rings. The Morgan fingerprint density at radius 3 is 1.05 bits per heavy atom. The molecule has 0 spiro atoms. The largest absolute Gasteiger partial charge is 0.237 e. The average molecular weight is 465 g/mol. The topological polar surface area (TPSA) is 0 Å². The van der Waals surface area contributed by atoms with Crippen molar-refractivity contribution in [2.24, 2.45) is 0 Å². The van der Waals surface area contributed by atoms with Crippen LogP contribution in [0, 0.1) is 0 Å². The number of alkyl halides is 1. The van der Waals surface area contributed by atoms with E-state index in [1.54, 1.807) is 0 Å². The molecule has 128 valence electrons. The molecule has 0 rings (SSSR count). The molecular formula is C17H35Cl2ISi. The van der Waals surface area contributed by atoms with E-state index in [9.17, 15) is 0 Å². The van der Waals surface area contributed by atoms with Crippen LogP contribution in [-0.4, -0.2) is 11.8 Å². The van der Waals surface area contributed by atoms with Gasteiger partial charge in [-0.1, -0.05) is 112 Å². The van der Waals surface area contributed by atoms with Crippen molar-refractivity contribution >= 4 is 52.2 Å². The summed E-state index contributed by atoms with van der Waals surface area (Å²) in [4.78, 5) is 0. The van der Waals surface area contributed by atoms with Gasteiger partial charge in [0.2, 0.25) is 7.42 Å². The molecule has 4 heteroatoms. The van der Waals surface area contributed by atoms with Crippen LogP contribution in [0.25, 0.3) is 0 Å². The van der Waals surface area contributed by atoms with Gasteiger partial charge >= 0.3 is 0 Å². The fourth-order valence-electron chi connectivity index (χ4n) is 2.69. The molecule has 0 heterocycles. The van der Waals surface area contributed by atoms with Crippen LogP contribution < -0.4 is 0 Å². The van der Waals surface area contributed by atoms with Crippen LogP contribution in [0.1, 0.15) is 96.3 Å². The van der Waals surface area contributed by atoms with Crippen LogP contribution >= 0.6 is 44.7 Å². The molecule has 0 aromatic heterocycles. The van der Waals surface area contributed by atoms with Crippen molar-refractivity contribution in [2.75, 3.05) is 4.43 Å². The van der Waals surface area contributed by atoms with E-state index >= 15 is 0 Å². The molecule has 0 nitrogen and oxygen atoms in total. The first kappa shape index (κ1) is 22.5. The Balaban J connectivity index is 2.93. The second-order valence-corrected chi connectivity index (χ2v) is 12.4. The summed E-state index contributed by atoms with van der Waals surface area (Å²) >= 11 is 14.2. The normalized spacial score (nSPS) is 11.4. The number of hydrogen-bond acceptors (Lipinski definition) is 0. The first-order chi connectivity index (χ1) is 10.3. The van der Waals surface area contributed by atoms with E-state index in [0.29, 0.717) is 0 Å². The van der Waals surface area contributed by atoms with E-state index in [4.69, 9.17) is 22.2 Å². The van der Waals surface area contributed by atoms with E-state index in [1.807, 2.05) is 0 Å². The Hall–Kier alpha value is 1.53. The molecule has 0 fully saturated rings. The lowest BCUT2D eigenvalue weighted by molar-refractivity contribution is 0.535. The average Bonchev–Trinajstić information content (AvgIpc) is 2.46. The summed E-state index contributed by atoms with van der Waals surface area (Å²) in [5.41, 5.74) is 0. The van der Waals surface area contributed by atoms with Crippen molar-refractivity contribution in [2.45, 2.75) is 102 Å². The summed E-state index contributed by atoms with van der Waals surface area (Å²) in [5.74, 6) is 0. The highest BCUT2D eigenvalue weighted by Gasteiger charge is 2.00. The third-order valence-corrected chi connectivity index (χ3v) is 6.97. The van der Waals surface area contributed by atoms with Gasteiger partial charge in [0.15, 0.2) is 0 Å². The number of hydrogen-bond donors (Lipinski definition) is 0. The molecule has 0 N–H and O–H groups in total. The summed E-state index contributed by atoms with van der Waals surface area (Å²) in [6.07, 6.45) is 21.3. The fourth-order valence-corrected chi connectivity index (χ4v) is 4.75. The second-order valence-electron chi connectivity index (χ2n) is 6.17. The molecular weight excluding hydrogens is 430 g/mol. The number of unbranched alkanes of at least 4 members (excludes halogenated alkanes) is 14. The molecule has 0 atom stereocenters. The van der Waals surface area contributed by atoms with Crippen LogP contribution in [0.2, 0.25) is 6.04 Å². The lowest BCUT2D eigenvalue weighted by atomic mass is 10.0. The molecule has 0 aliphatic rings. The SMILES string of the molecule is Cl[SiH](Cl)CCCCCCCCCCCCCCCCCI. The highest BCUT2D eigenvalue weighted by molar-refractivity contribution is 14.1. The van der Waals surface area contributed by atoms with Crippen LogP contribution in [0.4, 0.5) is 0 Å². The Bertz CT molecular complexity index is 192. The van der Waals surface area contributed by atoms with Crippen molar-refractivity contribution in [1.29, 1.82) is 0 Å². The van der Waals surface area contributed by atoms with Crippen molar-refractivity contribution in [3.8, 4) is 0 Å². The van der Waals surface area contributed by atoms with Gasteiger partial charge in [0.25, 0.3) is 0 Å². The predicted molar refractivity (Wildman–Crippen MR) is 112 cm³/mol. The standard InChI is InChI=1S/C17H35Cl2ISi/c18-21(19)17-15-13-11-9-7-5-3-1-2-4-6-8-10-12-14-16-20/h21H,1-17H2. The van der Waals surface area contributed by atoms with Crippen molar-refractivity contribution in [3.63, 3.8) is 0 Å². The molecule has 21 heavy (non-hydrogen) atoms. The molecule has 0 amide bonds. The number of rotatable bonds is 17. The van der Waals surface area contributed by atoms with Gasteiger partial charge in [-0.15, -0.1) is 0 Å². The number of halogens is 3. The van der Waals surface area contributed by atoms with Crippen molar-refractivity contribution < 1.29 is 0 Å². The molecule has 0 aromatic carbocycles.